The fourth-order valence-electron chi connectivity index (χ4n) is 3.18. The molecule has 8 nitrogen and oxygen atoms in total. The summed E-state index contributed by atoms with van der Waals surface area (Å²) in [7, 11) is -2.53. The Morgan fingerprint density at radius 2 is 1.90 bits per heavy atom. The molecule has 0 fully saturated rings. The number of nitrogens with one attached hydrogen (secondary N) is 1. The molecule has 9 heteroatoms. The number of rotatable bonds is 6. The highest BCUT2D eigenvalue weighted by atomic mass is 32.2. The Hall–Kier alpha value is -2.91. The number of H-pyrrole nitrogens is 1. The number of hydrogen-bond donors (Lipinski definition) is 3. The molecule has 29 heavy (non-hydrogen) atoms. The van der Waals surface area contributed by atoms with Gasteiger partial charge in [0.05, 0.1) is 29.2 Å². The third-order valence-corrected chi connectivity index (χ3v) is 7.02. The van der Waals surface area contributed by atoms with Gasteiger partial charge in [-0.1, -0.05) is 30.3 Å². The van der Waals surface area contributed by atoms with Crippen LogP contribution < -0.4 is 5.73 Å². The number of carbonyl (C=O) groups is 1. The molecule has 1 atom stereocenters. The zero-order chi connectivity index (χ0) is 21.4. The Balaban J connectivity index is 2.35. The average Bonchev–Trinajstić information content (AvgIpc) is 3.07. The van der Waals surface area contributed by atoms with Gasteiger partial charge in [0.15, 0.2) is 15.8 Å². The molecule has 0 aliphatic carbocycles. The minimum Gasteiger partial charge on any atom is -0.469 e. The molecule has 0 aliphatic heterocycles. The molecule has 1 unspecified atom stereocenters. The average molecular weight is 417 g/mol. The Labute approximate surface area is 168 Å². The first-order chi connectivity index (χ1) is 13.6. The maximum Gasteiger partial charge on any atom is 0.309 e. The molecule has 4 N–H and O–H groups in total. The van der Waals surface area contributed by atoms with Gasteiger partial charge in [-0.25, -0.2) is 13.4 Å². The van der Waals surface area contributed by atoms with E-state index in [1.165, 1.54) is 13.2 Å². The van der Waals surface area contributed by atoms with E-state index in [1.54, 1.807) is 50.2 Å². The number of anilines is 1. The Kier molecular flexibility index (Phi) is 5.38. The molecule has 2 aromatic carbocycles. The van der Waals surface area contributed by atoms with E-state index in [9.17, 15) is 18.3 Å². The number of hydrogen-bond acceptors (Lipinski definition) is 7. The molecule has 1 heterocycles. The van der Waals surface area contributed by atoms with Gasteiger partial charge >= 0.3 is 5.97 Å². The van der Waals surface area contributed by atoms with Crippen molar-refractivity contribution in [3.63, 3.8) is 0 Å². The lowest BCUT2D eigenvalue weighted by Crippen LogP contribution is -2.31. The number of aromatic nitrogens is 2. The van der Waals surface area contributed by atoms with Crippen LogP contribution in [0.5, 0.6) is 0 Å². The lowest BCUT2D eigenvalue weighted by molar-refractivity contribution is -0.145. The molecular formula is C20H23N3O5S. The largest absolute Gasteiger partial charge is 0.469 e. The summed E-state index contributed by atoms with van der Waals surface area (Å²) in [6, 6.07) is 11.4. The number of nitrogens with zero attached hydrogens (tertiary/aromatic N) is 1. The lowest BCUT2D eigenvalue weighted by Gasteiger charge is -2.29. The van der Waals surface area contributed by atoms with Crippen molar-refractivity contribution in [2.75, 3.05) is 12.8 Å². The van der Waals surface area contributed by atoms with Gasteiger partial charge < -0.3 is 20.6 Å². The molecule has 0 saturated carbocycles. The fourth-order valence-corrected chi connectivity index (χ4v) is 4.40. The molecule has 0 aliphatic rings. The highest BCUT2D eigenvalue weighted by Gasteiger charge is 2.37. The predicted molar refractivity (Wildman–Crippen MR) is 109 cm³/mol. The number of methoxy groups -OCH3 is 1. The predicted octanol–water partition coefficient (Wildman–Crippen LogP) is 2.13. The fraction of sp³-hybridized carbons (Fsp3) is 0.300. The summed E-state index contributed by atoms with van der Waals surface area (Å²) in [5.74, 6) is -0.595. The molecule has 0 radical (unpaired) electrons. The second-order valence-corrected chi connectivity index (χ2v) is 9.54. The maximum absolute atomic E-state index is 13.0. The number of sulfone groups is 1. The summed E-state index contributed by atoms with van der Waals surface area (Å²) in [6.45, 7) is 3.11. The van der Waals surface area contributed by atoms with Crippen molar-refractivity contribution < 1.29 is 23.1 Å². The highest BCUT2D eigenvalue weighted by molar-refractivity contribution is 7.92. The minimum atomic E-state index is -3.75. The van der Waals surface area contributed by atoms with Crippen molar-refractivity contribution in [1.82, 2.24) is 9.97 Å². The van der Waals surface area contributed by atoms with Gasteiger partial charge in [0.1, 0.15) is 11.1 Å². The summed E-state index contributed by atoms with van der Waals surface area (Å²) in [5.41, 5.74) is 5.11. The monoisotopic (exact) mass is 417 g/mol. The highest BCUT2D eigenvalue weighted by Crippen LogP contribution is 2.37. The van der Waals surface area contributed by atoms with Crippen molar-refractivity contribution in [3.05, 3.63) is 53.6 Å². The summed E-state index contributed by atoms with van der Waals surface area (Å²) in [4.78, 5) is 18.9. The van der Waals surface area contributed by atoms with Crippen LogP contribution in [0.4, 0.5) is 5.95 Å². The van der Waals surface area contributed by atoms with Crippen LogP contribution in [0.3, 0.4) is 0 Å². The number of aromatic amines is 1. The Morgan fingerprint density at radius 1 is 1.24 bits per heavy atom. The second-order valence-electron chi connectivity index (χ2n) is 7.07. The van der Waals surface area contributed by atoms with E-state index in [4.69, 9.17) is 10.5 Å². The zero-order valence-corrected chi connectivity index (χ0v) is 17.2. The van der Waals surface area contributed by atoms with Crippen LogP contribution >= 0.6 is 0 Å². The molecule has 0 bridgehead atoms. The molecule has 3 rings (SSSR count). The van der Waals surface area contributed by atoms with E-state index in [0.717, 1.165) is 0 Å². The van der Waals surface area contributed by atoms with E-state index >= 15 is 0 Å². The zero-order valence-electron chi connectivity index (χ0n) is 16.3. The van der Waals surface area contributed by atoms with Crippen molar-refractivity contribution >= 4 is 32.8 Å². The first-order valence-electron chi connectivity index (χ1n) is 8.98. The number of ether oxygens (including phenoxy) is 1. The smallest absolute Gasteiger partial charge is 0.309 e. The van der Waals surface area contributed by atoms with E-state index in [1.807, 2.05) is 0 Å². The van der Waals surface area contributed by atoms with Crippen LogP contribution in [0, 0.1) is 0 Å². The SMILES string of the molecule is COC(=O)CC(O)(c1ccccc1)c1cc(S(=O)(=O)C(C)C)c2nc(N)[nH]c2c1. The van der Waals surface area contributed by atoms with E-state index in [0.29, 0.717) is 11.1 Å². The molecule has 3 aromatic rings. The van der Waals surface area contributed by atoms with Crippen molar-refractivity contribution in [2.24, 2.45) is 0 Å². The van der Waals surface area contributed by atoms with Crippen LogP contribution in [0.2, 0.25) is 0 Å². The van der Waals surface area contributed by atoms with Gasteiger partial charge in [0.2, 0.25) is 0 Å². The van der Waals surface area contributed by atoms with Crippen molar-refractivity contribution in [1.29, 1.82) is 0 Å². The van der Waals surface area contributed by atoms with Gasteiger partial charge in [-0.2, -0.15) is 0 Å². The number of esters is 1. The quantitative estimate of drug-likeness (QED) is 0.523. The van der Waals surface area contributed by atoms with E-state index < -0.39 is 33.1 Å². The topological polar surface area (TPSA) is 135 Å². The van der Waals surface area contributed by atoms with Crippen molar-refractivity contribution in [3.8, 4) is 0 Å². The molecule has 1 aromatic heterocycles. The number of imidazole rings is 1. The normalized spacial score (nSPS) is 14.1. The molecule has 0 spiro atoms. The number of benzene rings is 2. The lowest BCUT2D eigenvalue weighted by atomic mass is 9.83. The Bertz CT molecular complexity index is 1160. The number of fused-ring (bicyclic) bond motifs is 1. The summed E-state index contributed by atoms with van der Waals surface area (Å²) in [6.07, 6.45) is -0.399. The van der Waals surface area contributed by atoms with Gasteiger partial charge in [-0.15, -0.1) is 0 Å². The second kappa shape index (κ2) is 7.49. The number of carbonyl (C=O) groups excluding carboxylic acids is 1. The summed E-state index contributed by atoms with van der Waals surface area (Å²) < 4.78 is 30.7. The number of aliphatic hydroxyl groups is 1. The first kappa shape index (κ1) is 20.8. The van der Waals surface area contributed by atoms with Gasteiger partial charge in [-0.3, -0.25) is 4.79 Å². The number of nitrogens with two attached hydrogens (primary N) is 1. The van der Waals surface area contributed by atoms with Crippen LogP contribution in [0.25, 0.3) is 11.0 Å². The summed E-state index contributed by atoms with van der Waals surface area (Å²) in [5, 5.41) is 10.9. The van der Waals surface area contributed by atoms with Crippen LogP contribution in [0.1, 0.15) is 31.4 Å². The van der Waals surface area contributed by atoms with Crippen LogP contribution in [-0.4, -0.2) is 41.8 Å². The van der Waals surface area contributed by atoms with E-state index in [2.05, 4.69) is 9.97 Å². The molecule has 154 valence electrons. The third kappa shape index (κ3) is 3.70. The summed E-state index contributed by atoms with van der Waals surface area (Å²) >= 11 is 0. The van der Waals surface area contributed by atoms with Gasteiger partial charge in [0, 0.05) is 0 Å². The van der Waals surface area contributed by atoms with E-state index in [-0.39, 0.29) is 21.9 Å². The standard InChI is InChI=1S/C20H23N3O5S/c1-12(2)29(26,27)16-10-14(9-15-18(16)23-19(21)22-15)20(25,11-17(24)28-3)13-7-5-4-6-8-13/h4-10,12,25H,11H2,1-3H3,(H3,21,22,23). The number of nitrogen functional groups attached to an aromatic ring is 1. The van der Waals surface area contributed by atoms with Crippen LogP contribution in [0.15, 0.2) is 47.4 Å². The molecular weight excluding hydrogens is 394 g/mol. The third-order valence-electron chi connectivity index (χ3n) is 4.85. The molecule has 0 amide bonds. The van der Waals surface area contributed by atoms with Crippen molar-refractivity contribution in [2.45, 2.75) is 36.0 Å². The van der Waals surface area contributed by atoms with Gasteiger partial charge in [0.25, 0.3) is 0 Å². The maximum atomic E-state index is 13.0. The first-order valence-corrected chi connectivity index (χ1v) is 10.5. The minimum absolute atomic E-state index is 0.0496. The molecule has 0 saturated heterocycles. The van der Waals surface area contributed by atoms with Crippen LogP contribution in [-0.2, 0) is 25.0 Å². The van der Waals surface area contributed by atoms with Gasteiger partial charge in [-0.05, 0) is 37.1 Å². The Morgan fingerprint density at radius 3 is 2.48 bits per heavy atom.